The fraction of sp³-hybridized carbons (Fsp3) is 0.435. The zero-order valence-electron chi connectivity index (χ0n) is 18.8. The Morgan fingerprint density at radius 3 is 2.15 bits per heavy atom. The van der Waals surface area contributed by atoms with Crippen molar-refractivity contribution < 1.29 is 26.4 Å². The second-order valence-electron chi connectivity index (χ2n) is 8.58. The molecule has 10 heteroatoms. The van der Waals surface area contributed by atoms with Crippen LogP contribution in [0.4, 0.5) is 24.5 Å². The number of halogens is 3. The lowest BCUT2D eigenvalue weighted by Gasteiger charge is -2.36. The van der Waals surface area contributed by atoms with Crippen molar-refractivity contribution in [3.63, 3.8) is 0 Å². The minimum atomic E-state index is -4.38. The van der Waals surface area contributed by atoms with E-state index in [0.29, 0.717) is 55.6 Å². The maximum Gasteiger partial charge on any atom is 0.416 e. The highest BCUT2D eigenvalue weighted by Gasteiger charge is 2.31. The molecule has 1 amide bonds. The molecule has 1 heterocycles. The first-order valence-corrected chi connectivity index (χ1v) is 12.5. The lowest BCUT2D eigenvalue weighted by Crippen LogP contribution is -2.49. The van der Waals surface area contributed by atoms with Crippen molar-refractivity contribution in [2.45, 2.75) is 24.9 Å². The van der Waals surface area contributed by atoms with Crippen molar-refractivity contribution in [3.8, 4) is 0 Å². The Kier molecular flexibility index (Phi) is 7.26. The summed E-state index contributed by atoms with van der Waals surface area (Å²) in [6.07, 6.45) is -3.29. The summed E-state index contributed by atoms with van der Waals surface area (Å²) in [5.74, 6) is 0.0497. The SMILES string of the molecule is CC(C)CNc1ccc(S(C)(=O)=O)cc1C(=O)N1CCN(c2ccc(C(F)(F)F)cc2)CC1. The lowest BCUT2D eigenvalue weighted by atomic mass is 10.1. The van der Waals surface area contributed by atoms with Gasteiger partial charge in [-0.05, 0) is 48.4 Å². The number of alkyl halides is 3. The Balaban J connectivity index is 1.75. The van der Waals surface area contributed by atoms with E-state index in [1.54, 1.807) is 11.0 Å². The van der Waals surface area contributed by atoms with Crippen LogP contribution in [0.5, 0.6) is 0 Å². The predicted octanol–water partition coefficient (Wildman–Crippen LogP) is 4.14. The number of nitrogens with zero attached hydrogens (tertiary/aromatic N) is 2. The summed E-state index contributed by atoms with van der Waals surface area (Å²) >= 11 is 0. The minimum absolute atomic E-state index is 0.0735. The molecule has 1 aliphatic rings. The van der Waals surface area contributed by atoms with Crippen LogP contribution in [-0.2, 0) is 16.0 Å². The van der Waals surface area contributed by atoms with Crippen LogP contribution in [0.25, 0.3) is 0 Å². The molecule has 1 aliphatic heterocycles. The van der Waals surface area contributed by atoms with Gasteiger partial charge in [-0.3, -0.25) is 4.79 Å². The Hall–Kier alpha value is -2.75. The van der Waals surface area contributed by atoms with E-state index >= 15 is 0 Å². The van der Waals surface area contributed by atoms with Gasteiger partial charge in [0, 0.05) is 50.4 Å². The minimum Gasteiger partial charge on any atom is -0.384 e. The maximum atomic E-state index is 13.3. The third kappa shape index (κ3) is 6.19. The molecule has 0 aromatic heterocycles. The summed E-state index contributed by atoms with van der Waals surface area (Å²) in [6, 6.07) is 9.48. The van der Waals surface area contributed by atoms with Crippen LogP contribution >= 0.6 is 0 Å². The van der Waals surface area contributed by atoms with Crippen molar-refractivity contribution in [3.05, 3.63) is 53.6 Å². The first-order valence-electron chi connectivity index (χ1n) is 10.7. The predicted molar refractivity (Wildman–Crippen MR) is 122 cm³/mol. The summed E-state index contributed by atoms with van der Waals surface area (Å²) in [5.41, 5.74) is 0.827. The summed E-state index contributed by atoms with van der Waals surface area (Å²) in [7, 11) is -3.48. The molecular weight excluding hydrogens is 455 g/mol. The number of hydrogen-bond donors (Lipinski definition) is 1. The zero-order chi connectivity index (χ0) is 24.4. The van der Waals surface area contributed by atoms with Gasteiger partial charge in [-0.15, -0.1) is 0 Å². The van der Waals surface area contributed by atoms with Crippen LogP contribution in [0.3, 0.4) is 0 Å². The molecule has 0 radical (unpaired) electrons. The van der Waals surface area contributed by atoms with E-state index in [9.17, 15) is 26.4 Å². The number of carbonyl (C=O) groups excluding carboxylic acids is 1. The van der Waals surface area contributed by atoms with Crippen LogP contribution < -0.4 is 10.2 Å². The third-order valence-corrected chi connectivity index (χ3v) is 6.59. The molecule has 1 N–H and O–H groups in total. The van der Waals surface area contributed by atoms with E-state index < -0.39 is 21.6 Å². The van der Waals surface area contributed by atoms with Crippen LogP contribution in [-0.4, -0.2) is 58.2 Å². The van der Waals surface area contributed by atoms with Crippen LogP contribution in [0.15, 0.2) is 47.4 Å². The van der Waals surface area contributed by atoms with Gasteiger partial charge in [0.1, 0.15) is 0 Å². The van der Waals surface area contributed by atoms with Crippen LogP contribution in [0, 0.1) is 5.92 Å². The van der Waals surface area contributed by atoms with E-state index in [1.807, 2.05) is 18.7 Å². The molecule has 0 spiro atoms. The average Bonchev–Trinajstić information content (AvgIpc) is 2.76. The number of carbonyl (C=O) groups is 1. The molecule has 2 aromatic rings. The lowest BCUT2D eigenvalue weighted by molar-refractivity contribution is -0.137. The largest absolute Gasteiger partial charge is 0.416 e. The monoisotopic (exact) mass is 483 g/mol. The second kappa shape index (κ2) is 9.62. The summed E-state index contributed by atoms with van der Waals surface area (Å²) in [5, 5.41) is 3.22. The normalized spacial score (nSPS) is 15.1. The summed E-state index contributed by atoms with van der Waals surface area (Å²) < 4.78 is 62.4. The molecule has 0 atom stereocenters. The number of hydrogen-bond acceptors (Lipinski definition) is 5. The molecule has 33 heavy (non-hydrogen) atoms. The van der Waals surface area contributed by atoms with E-state index in [4.69, 9.17) is 0 Å². The van der Waals surface area contributed by atoms with Gasteiger partial charge in [-0.25, -0.2) is 8.42 Å². The Morgan fingerprint density at radius 1 is 1.03 bits per heavy atom. The highest BCUT2D eigenvalue weighted by atomic mass is 32.2. The van der Waals surface area contributed by atoms with Crippen LogP contribution in [0.1, 0.15) is 29.8 Å². The van der Waals surface area contributed by atoms with Crippen molar-refractivity contribution in [1.29, 1.82) is 0 Å². The fourth-order valence-electron chi connectivity index (χ4n) is 3.60. The van der Waals surface area contributed by atoms with Crippen molar-refractivity contribution in [1.82, 2.24) is 4.90 Å². The number of sulfone groups is 1. The molecule has 0 bridgehead atoms. The summed E-state index contributed by atoms with van der Waals surface area (Å²) in [4.78, 5) is 16.9. The van der Waals surface area contributed by atoms with E-state index in [-0.39, 0.29) is 10.8 Å². The summed E-state index contributed by atoms with van der Waals surface area (Å²) in [6.45, 7) is 6.33. The quantitative estimate of drug-likeness (QED) is 0.669. The molecule has 0 unspecified atom stereocenters. The zero-order valence-corrected chi connectivity index (χ0v) is 19.6. The van der Waals surface area contributed by atoms with Crippen molar-refractivity contribution in [2.24, 2.45) is 5.92 Å². The molecule has 3 rings (SSSR count). The van der Waals surface area contributed by atoms with Gasteiger partial charge in [0.05, 0.1) is 16.0 Å². The number of nitrogens with one attached hydrogen (secondary N) is 1. The topological polar surface area (TPSA) is 69.7 Å². The Morgan fingerprint density at radius 2 is 1.64 bits per heavy atom. The fourth-order valence-corrected chi connectivity index (χ4v) is 4.25. The molecule has 0 aliphatic carbocycles. The number of anilines is 2. The number of rotatable bonds is 6. The van der Waals surface area contributed by atoms with Gasteiger partial charge >= 0.3 is 6.18 Å². The van der Waals surface area contributed by atoms with E-state index in [0.717, 1.165) is 18.4 Å². The van der Waals surface area contributed by atoms with Gasteiger partial charge in [-0.2, -0.15) is 13.2 Å². The van der Waals surface area contributed by atoms with E-state index in [1.165, 1.54) is 24.3 Å². The molecule has 180 valence electrons. The maximum absolute atomic E-state index is 13.3. The number of piperazine rings is 1. The molecule has 0 saturated carbocycles. The molecule has 6 nitrogen and oxygen atoms in total. The highest BCUT2D eigenvalue weighted by molar-refractivity contribution is 7.90. The van der Waals surface area contributed by atoms with Gasteiger partial charge in [-0.1, -0.05) is 13.8 Å². The van der Waals surface area contributed by atoms with Gasteiger partial charge in [0.2, 0.25) is 0 Å². The standard InChI is InChI=1S/C23H28F3N3O3S/c1-16(2)15-27-21-9-8-19(33(3,31)32)14-20(21)22(30)29-12-10-28(11-13-29)18-6-4-17(5-7-18)23(24,25)26/h4-9,14,16,27H,10-13,15H2,1-3H3. The third-order valence-electron chi connectivity index (χ3n) is 5.48. The molecule has 2 aromatic carbocycles. The smallest absolute Gasteiger partial charge is 0.384 e. The van der Waals surface area contributed by atoms with Gasteiger partial charge < -0.3 is 15.1 Å². The van der Waals surface area contributed by atoms with Gasteiger partial charge in [0.15, 0.2) is 9.84 Å². The first kappa shape index (κ1) is 24.9. The Labute approximate surface area is 192 Å². The first-order chi connectivity index (χ1) is 15.4. The molecule has 1 fully saturated rings. The van der Waals surface area contributed by atoms with Crippen LogP contribution in [0.2, 0.25) is 0 Å². The average molecular weight is 484 g/mol. The van der Waals surface area contributed by atoms with Gasteiger partial charge in [0.25, 0.3) is 5.91 Å². The molecule has 1 saturated heterocycles. The second-order valence-corrected chi connectivity index (χ2v) is 10.6. The van der Waals surface area contributed by atoms with Crippen molar-refractivity contribution >= 4 is 27.1 Å². The van der Waals surface area contributed by atoms with E-state index in [2.05, 4.69) is 5.32 Å². The Bertz CT molecular complexity index is 1090. The number of benzene rings is 2. The van der Waals surface area contributed by atoms with Crippen molar-refractivity contribution in [2.75, 3.05) is 49.2 Å². The number of amides is 1. The molecular formula is C23H28F3N3O3S. The highest BCUT2D eigenvalue weighted by Crippen LogP contribution is 2.31.